The summed E-state index contributed by atoms with van der Waals surface area (Å²) in [5, 5.41) is 0.691. The number of hydrogen-bond donors (Lipinski definition) is 1. The summed E-state index contributed by atoms with van der Waals surface area (Å²) < 4.78 is 0. The average Bonchev–Trinajstić information content (AvgIpc) is 2.40. The predicted molar refractivity (Wildman–Crippen MR) is 84.9 cm³/mol. The first kappa shape index (κ1) is 17.0. The van der Waals surface area contributed by atoms with Crippen LogP contribution in [-0.4, -0.2) is 30.4 Å². The van der Waals surface area contributed by atoms with Crippen LogP contribution in [0.15, 0.2) is 24.3 Å². The molecule has 0 saturated heterocycles. The number of nitrogens with two attached hydrogens (primary N) is 1. The Hall–Kier alpha value is -1.06. The third-order valence-corrected chi connectivity index (χ3v) is 3.54. The Kier molecular flexibility index (Phi) is 6.50. The molecular weight excluding hydrogens is 272 g/mol. The minimum absolute atomic E-state index is 0.0508. The molecule has 0 bridgehead atoms. The second-order valence-electron chi connectivity index (χ2n) is 5.99. The third kappa shape index (κ3) is 5.51. The zero-order valence-corrected chi connectivity index (χ0v) is 13.4. The highest BCUT2D eigenvalue weighted by molar-refractivity contribution is 6.30. The molecule has 0 heterocycles. The Bertz CT molecular complexity index is 429. The minimum atomic E-state index is -0.0508. The van der Waals surface area contributed by atoms with Gasteiger partial charge >= 0.3 is 0 Å². The van der Waals surface area contributed by atoms with Gasteiger partial charge in [0.25, 0.3) is 0 Å². The lowest BCUT2D eigenvalue weighted by Crippen LogP contribution is -2.43. The van der Waals surface area contributed by atoms with Crippen molar-refractivity contribution in [1.29, 1.82) is 0 Å². The maximum absolute atomic E-state index is 12.4. The van der Waals surface area contributed by atoms with E-state index in [1.807, 2.05) is 29.2 Å². The van der Waals surface area contributed by atoms with Crippen molar-refractivity contribution in [3.63, 3.8) is 0 Å². The second kappa shape index (κ2) is 7.65. The molecule has 0 aromatic heterocycles. The fraction of sp³-hybridized carbons (Fsp3) is 0.562. The maximum Gasteiger partial charge on any atom is 0.227 e. The van der Waals surface area contributed by atoms with E-state index in [0.29, 0.717) is 24.5 Å². The van der Waals surface area contributed by atoms with Gasteiger partial charge < -0.3 is 10.6 Å². The van der Waals surface area contributed by atoms with Crippen molar-refractivity contribution in [2.45, 2.75) is 33.6 Å². The van der Waals surface area contributed by atoms with Crippen molar-refractivity contribution >= 4 is 17.5 Å². The quantitative estimate of drug-likeness (QED) is 0.840. The number of halogens is 1. The van der Waals surface area contributed by atoms with E-state index in [4.69, 9.17) is 17.3 Å². The molecule has 1 amide bonds. The van der Waals surface area contributed by atoms with Crippen molar-refractivity contribution < 1.29 is 4.79 Å². The molecule has 0 atom stereocenters. The Morgan fingerprint density at radius 3 is 2.40 bits per heavy atom. The number of benzene rings is 1. The van der Waals surface area contributed by atoms with E-state index in [9.17, 15) is 4.79 Å². The summed E-state index contributed by atoms with van der Waals surface area (Å²) in [6.45, 7) is 8.30. The van der Waals surface area contributed by atoms with Gasteiger partial charge in [-0.05, 0) is 36.1 Å². The fourth-order valence-electron chi connectivity index (χ4n) is 2.03. The van der Waals surface area contributed by atoms with Crippen LogP contribution >= 0.6 is 11.6 Å². The van der Waals surface area contributed by atoms with E-state index in [0.717, 1.165) is 18.5 Å². The van der Waals surface area contributed by atoms with Crippen LogP contribution in [0, 0.1) is 5.41 Å². The van der Waals surface area contributed by atoms with E-state index in [2.05, 4.69) is 20.8 Å². The zero-order chi connectivity index (χ0) is 15.2. The second-order valence-corrected chi connectivity index (χ2v) is 6.42. The first-order valence-electron chi connectivity index (χ1n) is 7.10. The van der Waals surface area contributed by atoms with Crippen LogP contribution in [0.1, 0.15) is 32.8 Å². The molecule has 0 saturated carbocycles. The van der Waals surface area contributed by atoms with E-state index in [-0.39, 0.29) is 11.3 Å². The van der Waals surface area contributed by atoms with E-state index in [1.165, 1.54) is 0 Å². The van der Waals surface area contributed by atoms with Crippen LogP contribution in [0.2, 0.25) is 5.02 Å². The average molecular weight is 297 g/mol. The van der Waals surface area contributed by atoms with Crippen molar-refractivity contribution in [3.8, 4) is 0 Å². The fourth-order valence-corrected chi connectivity index (χ4v) is 2.16. The van der Waals surface area contributed by atoms with Gasteiger partial charge in [0, 0.05) is 18.1 Å². The highest BCUT2D eigenvalue weighted by Crippen LogP contribution is 2.17. The monoisotopic (exact) mass is 296 g/mol. The molecule has 1 rings (SSSR count). The summed E-state index contributed by atoms with van der Waals surface area (Å²) in [4.78, 5) is 14.4. The summed E-state index contributed by atoms with van der Waals surface area (Å²) >= 11 is 5.86. The molecule has 0 fully saturated rings. The van der Waals surface area contributed by atoms with Crippen LogP contribution in [-0.2, 0) is 11.2 Å². The molecule has 0 radical (unpaired) electrons. The van der Waals surface area contributed by atoms with Gasteiger partial charge in [0.2, 0.25) is 5.91 Å². The van der Waals surface area contributed by atoms with Crippen LogP contribution in [0.25, 0.3) is 0 Å². The molecule has 0 unspecified atom stereocenters. The number of nitrogens with zero attached hydrogens (tertiary/aromatic N) is 1. The molecule has 3 nitrogen and oxygen atoms in total. The van der Waals surface area contributed by atoms with Crippen LogP contribution < -0.4 is 5.73 Å². The van der Waals surface area contributed by atoms with Crippen molar-refractivity contribution in [1.82, 2.24) is 4.90 Å². The van der Waals surface area contributed by atoms with Gasteiger partial charge in [-0.25, -0.2) is 0 Å². The van der Waals surface area contributed by atoms with Gasteiger partial charge in [0.1, 0.15) is 0 Å². The number of amides is 1. The van der Waals surface area contributed by atoms with Crippen molar-refractivity contribution in [2.75, 3.05) is 19.6 Å². The summed E-state index contributed by atoms with van der Waals surface area (Å²) in [6.07, 6.45) is 1.37. The van der Waals surface area contributed by atoms with E-state index in [1.54, 1.807) is 0 Å². The molecule has 1 aromatic rings. The summed E-state index contributed by atoms with van der Waals surface area (Å²) in [7, 11) is 0. The molecule has 0 spiro atoms. The SMILES string of the molecule is CCCN(CC(C)(C)CN)C(=O)Cc1ccc(Cl)cc1. The molecule has 0 aliphatic rings. The number of hydrogen-bond acceptors (Lipinski definition) is 2. The number of carbonyl (C=O) groups excluding carboxylic acids is 1. The Labute approximate surface area is 127 Å². The lowest BCUT2D eigenvalue weighted by molar-refractivity contribution is -0.131. The highest BCUT2D eigenvalue weighted by Gasteiger charge is 2.23. The standard InChI is InChI=1S/C16H25ClN2O/c1-4-9-19(12-16(2,3)11-18)15(20)10-13-5-7-14(17)8-6-13/h5-8H,4,9-12,18H2,1-3H3. The molecule has 0 aliphatic heterocycles. The van der Waals surface area contributed by atoms with Crippen LogP contribution in [0.3, 0.4) is 0 Å². The third-order valence-electron chi connectivity index (χ3n) is 3.29. The van der Waals surface area contributed by atoms with Gasteiger partial charge in [-0.1, -0.05) is 44.5 Å². The van der Waals surface area contributed by atoms with Gasteiger partial charge in [-0.2, -0.15) is 0 Å². The van der Waals surface area contributed by atoms with Crippen molar-refractivity contribution in [3.05, 3.63) is 34.9 Å². The molecule has 112 valence electrons. The predicted octanol–water partition coefficient (Wildman–Crippen LogP) is 3.11. The first-order valence-corrected chi connectivity index (χ1v) is 7.48. The molecule has 2 N–H and O–H groups in total. The Morgan fingerprint density at radius 2 is 1.90 bits per heavy atom. The largest absolute Gasteiger partial charge is 0.342 e. The van der Waals surface area contributed by atoms with Gasteiger partial charge in [0.05, 0.1) is 6.42 Å². The summed E-state index contributed by atoms with van der Waals surface area (Å²) in [5.41, 5.74) is 6.71. The maximum atomic E-state index is 12.4. The normalized spacial score (nSPS) is 11.4. The van der Waals surface area contributed by atoms with Crippen LogP contribution in [0.4, 0.5) is 0 Å². The van der Waals surface area contributed by atoms with E-state index < -0.39 is 0 Å². The topological polar surface area (TPSA) is 46.3 Å². The molecule has 1 aromatic carbocycles. The van der Waals surface area contributed by atoms with Gasteiger partial charge in [-0.3, -0.25) is 4.79 Å². The smallest absolute Gasteiger partial charge is 0.227 e. The zero-order valence-electron chi connectivity index (χ0n) is 12.7. The number of rotatable bonds is 7. The lowest BCUT2D eigenvalue weighted by Gasteiger charge is -2.32. The Morgan fingerprint density at radius 1 is 1.30 bits per heavy atom. The molecule has 4 heteroatoms. The van der Waals surface area contributed by atoms with Crippen LogP contribution in [0.5, 0.6) is 0 Å². The van der Waals surface area contributed by atoms with Gasteiger partial charge in [-0.15, -0.1) is 0 Å². The summed E-state index contributed by atoms with van der Waals surface area (Å²) in [5.74, 6) is 0.149. The van der Waals surface area contributed by atoms with Gasteiger partial charge in [0.15, 0.2) is 0 Å². The minimum Gasteiger partial charge on any atom is -0.342 e. The van der Waals surface area contributed by atoms with E-state index >= 15 is 0 Å². The molecular formula is C16H25ClN2O. The number of carbonyl (C=O) groups is 1. The van der Waals surface area contributed by atoms with Crippen molar-refractivity contribution in [2.24, 2.45) is 11.1 Å². The molecule has 0 aliphatic carbocycles. The highest BCUT2D eigenvalue weighted by atomic mass is 35.5. The lowest BCUT2D eigenvalue weighted by atomic mass is 9.92. The summed E-state index contributed by atoms with van der Waals surface area (Å²) in [6, 6.07) is 7.44. The molecule has 20 heavy (non-hydrogen) atoms. The first-order chi connectivity index (χ1) is 9.38. The Balaban J connectivity index is 2.71.